The summed E-state index contributed by atoms with van der Waals surface area (Å²) in [6, 6.07) is 12.9. The third-order valence-electron chi connectivity index (χ3n) is 2.67. The standard InChI is InChI=1S/C14H14BrNO2S/c1-18-14-8-12(16)5-2-10(14)9-19(17)13-6-3-11(15)4-7-13/h2-8H,9,16H2,1H3. The van der Waals surface area contributed by atoms with Crippen molar-refractivity contribution in [2.45, 2.75) is 10.6 Å². The first-order valence-electron chi connectivity index (χ1n) is 5.66. The van der Waals surface area contributed by atoms with Gasteiger partial charge in [-0.2, -0.15) is 0 Å². The van der Waals surface area contributed by atoms with Crippen LogP contribution in [-0.4, -0.2) is 11.3 Å². The summed E-state index contributed by atoms with van der Waals surface area (Å²) in [6.45, 7) is 0. The van der Waals surface area contributed by atoms with Crippen molar-refractivity contribution in [2.24, 2.45) is 0 Å². The van der Waals surface area contributed by atoms with Gasteiger partial charge in [-0.05, 0) is 30.3 Å². The highest BCUT2D eigenvalue weighted by Crippen LogP contribution is 2.24. The molecule has 0 fully saturated rings. The topological polar surface area (TPSA) is 52.3 Å². The van der Waals surface area contributed by atoms with Crippen LogP contribution in [0.15, 0.2) is 51.8 Å². The number of benzene rings is 2. The molecule has 5 heteroatoms. The number of nitrogen functional groups attached to an aromatic ring is 1. The number of nitrogens with two attached hydrogens (primary N) is 1. The van der Waals surface area contributed by atoms with E-state index >= 15 is 0 Å². The molecule has 2 rings (SSSR count). The lowest BCUT2D eigenvalue weighted by molar-refractivity contribution is 0.411. The van der Waals surface area contributed by atoms with Gasteiger partial charge in [-0.3, -0.25) is 4.21 Å². The molecule has 0 aliphatic heterocycles. The zero-order chi connectivity index (χ0) is 13.8. The number of methoxy groups -OCH3 is 1. The maximum absolute atomic E-state index is 12.3. The van der Waals surface area contributed by atoms with Gasteiger partial charge in [0.25, 0.3) is 0 Å². The Morgan fingerprint density at radius 2 is 1.89 bits per heavy atom. The second kappa shape index (κ2) is 6.21. The fourth-order valence-electron chi connectivity index (χ4n) is 1.69. The van der Waals surface area contributed by atoms with Gasteiger partial charge in [0.2, 0.25) is 0 Å². The molecular formula is C14H14BrNO2S. The predicted molar refractivity (Wildman–Crippen MR) is 81.7 cm³/mol. The van der Waals surface area contributed by atoms with Gasteiger partial charge in [0.1, 0.15) is 5.75 Å². The van der Waals surface area contributed by atoms with E-state index in [-0.39, 0.29) is 0 Å². The lowest BCUT2D eigenvalue weighted by Gasteiger charge is -2.09. The molecule has 2 aromatic rings. The molecule has 0 saturated carbocycles. The molecule has 0 heterocycles. The van der Waals surface area contributed by atoms with Crippen molar-refractivity contribution in [1.29, 1.82) is 0 Å². The summed E-state index contributed by atoms with van der Waals surface area (Å²) in [5, 5.41) is 0. The molecule has 100 valence electrons. The van der Waals surface area contributed by atoms with Crippen LogP contribution in [0.4, 0.5) is 5.69 Å². The van der Waals surface area contributed by atoms with E-state index in [1.165, 1.54) is 0 Å². The molecular weight excluding hydrogens is 326 g/mol. The summed E-state index contributed by atoms with van der Waals surface area (Å²) < 4.78 is 18.5. The van der Waals surface area contributed by atoms with E-state index < -0.39 is 10.8 Å². The largest absolute Gasteiger partial charge is 0.496 e. The first kappa shape index (κ1) is 14.1. The Morgan fingerprint density at radius 3 is 2.53 bits per heavy atom. The van der Waals surface area contributed by atoms with E-state index in [9.17, 15) is 4.21 Å². The molecule has 0 saturated heterocycles. The van der Waals surface area contributed by atoms with E-state index in [0.29, 0.717) is 17.2 Å². The highest BCUT2D eigenvalue weighted by atomic mass is 79.9. The molecule has 19 heavy (non-hydrogen) atoms. The van der Waals surface area contributed by atoms with Gasteiger partial charge < -0.3 is 10.5 Å². The molecule has 1 atom stereocenters. The number of rotatable bonds is 4. The Morgan fingerprint density at radius 1 is 1.21 bits per heavy atom. The van der Waals surface area contributed by atoms with Gasteiger partial charge in [0, 0.05) is 26.7 Å². The van der Waals surface area contributed by atoms with E-state index in [1.807, 2.05) is 30.3 Å². The summed E-state index contributed by atoms with van der Waals surface area (Å²) in [5.41, 5.74) is 7.22. The molecule has 0 aliphatic carbocycles. The van der Waals surface area contributed by atoms with Crippen LogP contribution in [-0.2, 0) is 16.6 Å². The monoisotopic (exact) mass is 339 g/mol. The molecule has 0 aromatic heterocycles. The molecule has 0 aliphatic rings. The van der Waals surface area contributed by atoms with Crippen molar-refractivity contribution < 1.29 is 8.95 Å². The van der Waals surface area contributed by atoms with Crippen LogP contribution in [0.25, 0.3) is 0 Å². The minimum absolute atomic E-state index is 0.408. The average Bonchev–Trinajstić information content (AvgIpc) is 2.41. The molecule has 0 bridgehead atoms. The van der Waals surface area contributed by atoms with Crippen molar-refractivity contribution in [2.75, 3.05) is 12.8 Å². The molecule has 1 unspecified atom stereocenters. The Bertz CT molecular complexity index is 599. The maximum atomic E-state index is 12.3. The van der Waals surface area contributed by atoms with E-state index in [4.69, 9.17) is 10.5 Å². The normalized spacial score (nSPS) is 12.1. The van der Waals surface area contributed by atoms with Crippen LogP contribution in [0.5, 0.6) is 5.75 Å². The Balaban J connectivity index is 2.21. The molecule has 0 radical (unpaired) electrons. The van der Waals surface area contributed by atoms with Gasteiger partial charge >= 0.3 is 0 Å². The van der Waals surface area contributed by atoms with Crippen LogP contribution in [0, 0.1) is 0 Å². The Labute approximate surface area is 123 Å². The maximum Gasteiger partial charge on any atom is 0.125 e. The predicted octanol–water partition coefficient (Wildman–Crippen LogP) is 3.35. The van der Waals surface area contributed by atoms with Gasteiger partial charge in [0.05, 0.1) is 23.7 Å². The summed E-state index contributed by atoms with van der Waals surface area (Å²) in [6.07, 6.45) is 0. The molecule has 0 amide bonds. The number of hydrogen-bond donors (Lipinski definition) is 1. The summed E-state index contributed by atoms with van der Waals surface area (Å²) in [4.78, 5) is 0.794. The lowest BCUT2D eigenvalue weighted by atomic mass is 10.2. The first-order chi connectivity index (χ1) is 9.10. The fourth-order valence-corrected chi connectivity index (χ4v) is 3.08. The van der Waals surface area contributed by atoms with Crippen LogP contribution in [0.3, 0.4) is 0 Å². The molecule has 2 N–H and O–H groups in total. The molecule has 3 nitrogen and oxygen atoms in total. The quantitative estimate of drug-likeness (QED) is 0.869. The zero-order valence-electron chi connectivity index (χ0n) is 10.4. The van der Waals surface area contributed by atoms with Crippen molar-refractivity contribution in [3.63, 3.8) is 0 Å². The third kappa shape index (κ3) is 3.58. The van der Waals surface area contributed by atoms with Crippen molar-refractivity contribution >= 4 is 32.4 Å². The van der Waals surface area contributed by atoms with Gasteiger partial charge in [-0.25, -0.2) is 0 Å². The van der Waals surface area contributed by atoms with Crippen LogP contribution < -0.4 is 10.5 Å². The second-order valence-corrected chi connectivity index (χ2v) is 6.38. The van der Waals surface area contributed by atoms with Gasteiger partial charge in [0.15, 0.2) is 0 Å². The minimum atomic E-state index is -1.10. The van der Waals surface area contributed by atoms with Crippen molar-refractivity contribution in [1.82, 2.24) is 0 Å². The number of hydrogen-bond acceptors (Lipinski definition) is 3. The second-order valence-electron chi connectivity index (χ2n) is 4.02. The minimum Gasteiger partial charge on any atom is -0.496 e. The van der Waals surface area contributed by atoms with Crippen LogP contribution in [0.1, 0.15) is 5.56 Å². The average molecular weight is 340 g/mol. The Hall–Kier alpha value is -1.33. The number of ether oxygens (including phenoxy) is 1. The van der Waals surface area contributed by atoms with E-state index in [0.717, 1.165) is 14.9 Å². The van der Waals surface area contributed by atoms with Crippen LogP contribution in [0.2, 0.25) is 0 Å². The fraction of sp³-hybridized carbons (Fsp3) is 0.143. The molecule has 0 spiro atoms. The van der Waals surface area contributed by atoms with Crippen molar-refractivity contribution in [3.8, 4) is 5.75 Å². The SMILES string of the molecule is COc1cc(N)ccc1CS(=O)c1ccc(Br)cc1. The van der Waals surface area contributed by atoms with E-state index in [2.05, 4.69) is 15.9 Å². The van der Waals surface area contributed by atoms with Gasteiger partial charge in [-0.15, -0.1) is 0 Å². The van der Waals surface area contributed by atoms with Gasteiger partial charge in [-0.1, -0.05) is 22.0 Å². The summed E-state index contributed by atoms with van der Waals surface area (Å²) in [7, 11) is 0.481. The summed E-state index contributed by atoms with van der Waals surface area (Å²) in [5.74, 6) is 1.08. The summed E-state index contributed by atoms with van der Waals surface area (Å²) >= 11 is 3.36. The van der Waals surface area contributed by atoms with Crippen LogP contribution >= 0.6 is 15.9 Å². The smallest absolute Gasteiger partial charge is 0.125 e. The third-order valence-corrected chi connectivity index (χ3v) is 4.57. The molecule has 2 aromatic carbocycles. The Kier molecular flexibility index (Phi) is 4.61. The van der Waals surface area contributed by atoms with Crippen molar-refractivity contribution in [3.05, 3.63) is 52.5 Å². The van der Waals surface area contributed by atoms with E-state index in [1.54, 1.807) is 19.2 Å². The highest BCUT2D eigenvalue weighted by molar-refractivity contribution is 9.10. The number of anilines is 1. The lowest BCUT2D eigenvalue weighted by Crippen LogP contribution is -2.00. The number of halogens is 1. The highest BCUT2D eigenvalue weighted by Gasteiger charge is 2.09. The first-order valence-corrected chi connectivity index (χ1v) is 7.77. The zero-order valence-corrected chi connectivity index (χ0v) is 12.8.